The lowest BCUT2D eigenvalue weighted by molar-refractivity contribution is -0.114. The predicted octanol–water partition coefficient (Wildman–Crippen LogP) is 3.28. The lowest BCUT2D eigenvalue weighted by Crippen LogP contribution is -2.34. The van der Waals surface area contributed by atoms with Crippen molar-refractivity contribution >= 4 is 11.6 Å². The fraction of sp³-hybridized carbons (Fsp3) is 0.400. The van der Waals surface area contributed by atoms with Crippen molar-refractivity contribution in [2.24, 2.45) is 0 Å². The van der Waals surface area contributed by atoms with E-state index in [0.29, 0.717) is 5.92 Å². The summed E-state index contributed by atoms with van der Waals surface area (Å²) in [5, 5.41) is 0. The summed E-state index contributed by atoms with van der Waals surface area (Å²) in [6.45, 7) is 8.72. The Morgan fingerprint density at radius 3 is 2.88 bits per heavy atom. The van der Waals surface area contributed by atoms with Gasteiger partial charge >= 0.3 is 0 Å². The zero-order chi connectivity index (χ0) is 12.4. The van der Waals surface area contributed by atoms with Crippen LogP contribution in [0.1, 0.15) is 37.3 Å². The smallest absolute Gasteiger partial charge is 0.250 e. The van der Waals surface area contributed by atoms with Gasteiger partial charge in [-0.1, -0.05) is 32.6 Å². The SMILES string of the molecule is C=CC(=O)N1CCCc2ccc(C(C)C)cc21. The number of amides is 1. The van der Waals surface area contributed by atoms with E-state index in [9.17, 15) is 4.79 Å². The molecule has 1 aliphatic heterocycles. The number of aryl methyl sites for hydroxylation is 1. The third-order valence-corrected chi connectivity index (χ3v) is 3.34. The van der Waals surface area contributed by atoms with Crippen LogP contribution >= 0.6 is 0 Å². The minimum atomic E-state index is 0.00635. The summed E-state index contributed by atoms with van der Waals surface area (Å²) in [6, 6.07) is 6.49. The summed E-state index contributed by atoms with van der Waals surface area (Å²) >= 11 is 0. The molecule has 1 heterocycles. The molecule has 0 N–H and O–H groups in total. The van der Waals surface area contributed by atoms with E-state index in [1.165, 1.54) is 17.2 Å². The molecule has 0 unspecified atom stereocenters. The molecule has 90 valence electrons. The predicted molar refractivity (Wildman–Crippen MR) is 71.4 cm³/mol. The molecule has 2 nitrogen and oxygen atoms in total. The molecular formula is C15H19NO. The van der Waals surface area contributed by atoms with Crippen molar-refractivity contribution in [3.05, 3.63) is 42.0 Å². The number of hydrogen-bond acceptors (Lipinski definition) is 1. The molecule has 0 spiro atoms. The van der Waals surface area contributed by atoms with Crippen molar-refractivity contribution in [2.45, 2.75) is 32.6 Å². The van der Waals surface area contributed by atoms with Gasteiger partial charge in [0.1, 0.15) is 0 Å². The second kappa shape index (κ2) is 4.74. The summed E-state index contributed by atoms with van der Waals surface area (Å²) in [4.78, 5) is 13.7. The van der Waals surface area contributed by atoms with Gasteiger partial charge in [0.15, 0.2) is 0 Å². The summed E-state index contributed by atoms with van der Waals surface area (Å²) in [5.74, 6) is 0.495. The fourth-order valence-corrected chi connectivity index (χ4v) is 2.29. The van der Waals surface area contributed by atoms with Crippen LogP contribution < -0.4 is 4.90 Å². The van der Waals surface area contributed by atoms with E-state index in [4.69, 9.17) is 0 Å². The van der Waals surface area contributed by atoms with Crippen LogP contribution in [0.4, 0.5) is 5.69 Å². The average Bonchev–Trinajstić information content (AvgIpc) is 2.36. The van der Waals surface area contributed by atoms with Gasteiger partial charge in [0.05, 0.1) is 0 Å². The number of nitrogens with zero attached hydrogens (tertiary/aromatic N) is 1. The van der Waals surface area contributed by atoms with Crippen LogP contribution in [-0.2, 0) is 11.2 Å². The highest BCUT2D eigenvalue weighted by atomic mass is 16.2. The lowest BCUT2D eigenvalue weighted by Gasteiger charge is -2.29. The first-order chi connectivity index (χ1) is 8.13. The monoisotopic (exact) mass is 229 g/mol. The highest BCUT2D eigenvalue weighted by Crippen LogP contribution is 2.30. The maximum atomic E-state index is 11.8. The Hall–Kier alpha value is -1.57. The molecule has 0 aromatic heterocycles. The first-order valence-corrected chi connectivity index (χ1v) is 6.20. The van der Waals surface area contributed by atoms with Gasteiger partial charge in [-0.2, -0.15) is 0 Å². The Labute approximate surface area is 103 Å². The van der Waals surface area contributed by atoms with E-state index in [-0.39, 0.29) is 5.91 Å². The Morgan fingerprint density at radius 2 is 2.24 bits per heavy atom. The molecule has 1 aliphatic rings. The topological polar surface area (TPSA) is 20.3 Å². The van der Waals surface area contributed by atoms with Crippen LogP contribution in [0, 0.1) is 0 Å². The van der Waals surface area contributed by atoms with E-state index in [2.05, 4.69) is 38.6 Å². The first-order valence-electron chi connectivity index (χ1n) is 6.20. The molecular weight excluding hydrogens is 210 g/mol. The van der Waals surface area contributed by atoms with Crippen molar-refractivity contribution < 1.29 is 4.79 Å². The van der Waals surface area contributed by atoms with Gasteiger partial charge in [-0.3, -0.25) is 4.79 Å². The summed E-state index contributed by atoms with van der Waals surface area (Å²) < 4.78 is 0. The Balaban J connectivity index is 2.44. The van der Waals surface area contributed by atoms with Crippen LogP contribution in [0.5, 0.6) is 0 Å². The number of benzene rings is 1. The van der Waals surface area contributed by atoms with Crippen molar-refractivity contribution in [1.82, 2.24) is 0 Å². The number of fused-ring (bicyclic) bond motifs is 1. The van der Waals surface area contributed by atoms with Gasteiger partial charge in [-0.05, 0) is 42.0 Å². The number of carbonyl (C=O) groups excluding carboxylic acids is 1. The molecule has 2 heteroatoms. The molecule has 0 saturated carbocycles. The van der Waals surface area contributed by atoms with Crippen molar-refractivity contribution in [1.29, 1.82) is 0 Å². The second-order valence-electron chi connectivity index (χ2n) is 4.84. The summed E-state index contributed by atoms with van der Waals surface area (Å²) in [7, 11) is 0. The van der Waals surface area contributed by atoms with Gasteiger partial charge in [0, 0.05) is 12.2 Å². The largest absolute Gasteiger partial charge is 0.309 e. The zero-order valence-electron chi connectivity index (χ0n) is 10.6. The molecule has 1 amide bonds. The van der Waals surface area contributed by atoms with Crippen molar-refractivity contribution in [2.75, 3.05) is 11.4 Å². The highest BCUT2D eigenvalue weighted by molar-refractivity contribution is 6.01. The minimum Gasteiger partial charge on any atom is -0.309 e. The lowest BCUT2D eigenvalue weighted by atomic mass is 9.95. The number of hydrogen-bond donors (Lipinski definition) is 0. The summed E-state index contributed by atoms with van der Waals surface area (Å²) in [6.07, 6.45) is 3.50. The quantitative estimate of drug-likeness (QED) is 0.713. The minimum absolute atomic E-state index is 0.00635. The maximum absolute atomic E-state index is 11.8. The van der Waals surface area contributed by atoms with Gasteiger partial charge < -0.3 is 4.90 Å². The van der Waals surface area contributed by atoms with Crippen LogP contribution in [0.25, 0.3) is 0 Å². The Bertz CT molecular complexity index is 448. The van der Waals surface area contributed by atoms with E-state index in [1.54, 1.807) is 0 Å². The van der Waals surface area contributed by atoms with Crippen LogP contribution in [0.2, 0.25) is 0 Å². The first kappa shape index (κ1) is 11.9. The number of anilines is 1. The Morgan fingerprint density at radius 1 is 1.47 bits per heavy atom. The van der Waals surface area contributed by atoms with Crippen LogP contribution in [-0.4, -0.2) is 12.5 Å². The van der Waals surface area contributed by atoms with Crippen LogP contribution in [0.3, 0.4) is 0 Å². The van der Waals surface area contributed by atoms with Gasteiger partial charge in [0.2, 0.25) is 5.91 Å². The molecule has 0 fully saturated rings. The number of rotatable bonds is 2. The zero-order valence-corrected chi connectivity index (χ0v) is 10.6. The van der Waals surface area contributed by atoms with Gasteiger partial charge in [0.25, 0.3) is 0 Å². The fourth-order valence-electron chi connectivity index (χ4n) is 2.29. The molecule has 0 radical (unpaired) electrons. The van der Waals surface area contributed by atoms with Gasteiger partial charge in [-0.15, -0.1) is 0 Å². The molecule has 1 aromatic carbocycles. The third kappa shape index (κ3) is 2.26. The number of carbonyl (C=O) groups is 1. The average molecular weight is 229 g/mol. The highest BCUT2D eigenvalue weighted by Gasteiger charge is 2.21. The van der Waals surface area contributed by atoms with Crippen molar-refractivity contribution in [3.8, 4) is 0 Å². The normalized spacial score (nSPS) is 14.6. The molecule has 17 heavy (non-hydrogen) atoms. The molecule has 0 atom stereocenters. The Kier molecular flexibility index (Phi) is 3.32. The molecule has 1 aromatic rings. The van der Waals surface area contributed by atoms with E-state index >= 15 is 0 Å². The molecule has 2 rings (SSSR count). The van der Waals surface area contributed by atoms with E-state index < -0.39 is 0 Å². The summed E-state index contributed by atoms with van der Waals surface area (Å²) in [5.41, 5.74) is 3.63. The van der Waals surface area contributed by atoms with Gasteiger partial charge in [-0.25, -0.2) is 0 Å². The molecule has 0 bridgehead atoms. The second-order valence-corrected chi connectivity index (χ2v) is 4.84. The standard InChI is InChI=1S/C15H19NO/c1-4-15(17)16-9-5-6-12-7-8-13(11(2)3)10-14(12)16/h4,7-8,10-11H,1,5-6,9H2,2-3H3. The molecule has 0 saturated heterocycles. The van der Waals surface area contributed by atoms with E-state index in [0.717, 1.165) is 25.1 Å². The maximum Gasteiger partial charge on any atom is 0.250 e. The molecule has 0 aliphatic carbocycles. The van der Waals surface area contributed by atoms with Crippen molar-refractivity contribution in [3.63, 3.8) is 0 Å². The van der Waals surface area contributed by atoms with Crippen LogP contribution in [0.15, 0.2) is 30.9 Å². The van der Waals surface area contributed by atoms with E-state index in [1.807, 2.05) is 4.90 Å². The third-order valence-electron chi connectivity index (χ3n) is 3.34.